The first-order valence-electron chi connectivity index (χ1n) is 4.61. The Bertz CT molecular complexity index is 364. The molecule has 4 heteroatoms. The number of ketones is 1. The largest absolute Gasteiger partial charge is 0.486 e. The average Bonchev–Trinajstić information content (AvgIpc) is 2.19. The van der Waals surface area contributed by atoms with Gasteiger partial charge in [-0.25, -0.2) is 4.39 Å². The Morgan fingerprint density at radius 1 is 1.53 bits per heavy atom. The fourth-order valence-corrected chi connectivity index (χ4v) is 1.06. The number of carbonyl (C=O) groups is 1. The van der Waals surface area contributed by atoms with E-state index in [0.29, 0.717) is 5.75 Å². The van der Waals surface area contributed by atoms with Crippen LogP contribution in [0.1, 0.15) is 13.8 Å². The first-order chi connectivity index (χ1) is 7.00. The van der Waals surface area contributed by atoms with Crippen molar-refractivity contribution < 1.29 is 13.9 Å². The summed E-state index contributed by atoms with van der Waals surface area (Å²) in [6, 6.07) is 4.00. The van der Waals surface area contributed by atoms with Gasteiger partial charge in [0.15, 0.2) is 5.78 Å². The minimum absolute atomic E-state index is 0.00422. The van der Waals surface area contributed by atoms with Crippen LogP contribution in [-0.2, 0) is 4.79 Å². The molecule has 15 heavy (non-hydrogen) atoms. The lowest BCUT2D eigenvalue weighted by molar-refractivity contribution is -0.123. The molecule has 0 amide bonds. The van der Waals surface area contributed by atoms with Crippen LogP contribution in [0.5, 0.6) is 5.75 Å². The minimum Gasteiger partial charge on any atom is -0.486 e. The molecule has 0 saturated heterocycles. The standard InChI is InChI=1S/C11H12ClFO2/c1-7(2)11(14)6-15-8-3-4-10(13)9(12)5-8/h3-5,7H,6H2,1-2H3. The van der Waals surface area contributed by atoms with Crippen LogP contribution in [0.2, 0.25) is 5.02 Å². The number of hydrogen-bond donors (Lipinski definition) is 0. The first-order valence-corrected chi connectivity index (χ1v) is 4.99. The van der Waals surface area contributed by atoms with Crippen molar-refractivity contribution >= 4 is 17.4 Å². The molecule has 1 aromatic rings. The number of hydrogen-bond acceptors (Lipinski definition) is 2. The Morgan fingerprint density at radius 2 is 2.20 bits per heavy atom. The van der Waals surface area contributed by atoms with Crippen LogP contribution in [-0.4, -0.2) is 12.4 Å². The second kappa shape index (κ2) is 5.12. The lowest BCUT2D eigenvalue weighted by atomic mass is 10.1. The van der Waals surface area contributed by atoms with E-state index < -0.39 is 5.82 Å². The van der Waals surface area contributed by atoms with E-state index in [0.717, 1.165) is 0 Å². The molecular formula is C11H12ClFO2. The summed E-state index contributed by atoms with van der Waals surface area (Å²) in [7, 11) is 0. The molecule has 1 rings (SSSR count). The van der Waals surface area contributed by atoms with Crippen molar-refractivity contribution in [2.45, 2.75) is 13.8 Å². The van der Waals surface area contributed by atoms with E-state index in [1.807, 2.05) is 0 Å². The molecule has 2 nitrogen and oxygen atoms in total. The van der Waals surface area contributed by atoms with Gasteiger partial charge < -0.3 is 4.74 Å². The van der Waals surface area contributed by atoms with Crippen LogP contribution in [0.15, 0.2) is 18.2 Å². The molecule has 0 aliphatic rings. The van der Waals surface area contributed by atoms with Crippen molar-refractivity contribution in [3.63, 3.8) is 0 Å². The number of halogens is 2. The van der Waals surface area contributed by atoms with Crippen molar-refractivity contribution in [1.29, 1.82) is 0 Å². The number of Topliss-reactive ketones (excluding diaryl/α,β-unsaturated/α-hetero) is 1. The van der Waals surface area contributed by atoms with E-state index in [-0.39, 0.29) is 23.3 Å². The number of carbonyl (C=O) groups excluding carboxylic acids is 1. The maximum atomic E-state index is 12.8. The molecule has 0 heterocycles. The van der Waals surface area contributed by atoms with Gasteiger partial charge in [0.2, 0.25) is 0 Å². The Kier molecular flexibility index (Phi) is 4.09. The predicted octanol–water partition coefficient (Wildman–Crippen LogP) is 3.08. The van der Waals surface area contributed by atoms with Gasteiger partial charge in [-0.1, -0.05) is 25.4 Å². The molecule has 0 aliphatic heterocycles. The van der Waals surface area contributed by atoms with Crippen LogP contribution in [0.4, 0.5) is 4.39 Å². The quantitative estimate of drug-likeness (QED) is 0.795. The molecule has 0 fully saturated rings. The minimum atomic E-state index is -0.501. The molecule has 0 saturated carbocycles. The van der Waals surface area contributed by atoms with E-state index in [1.54, 1.807) is 13.8 Å². The summed E-state index contributed by atoms with van der Waals surface area (Å²) < 4.78 is 17.9. The lowest BCUT2D eigenvalue weighted by Crippen LogP contribution is -2.16. The van der Waals surface area contributed by atoms with Gasteiger partial charge in [0.25, 0.3) is 0 Å². The van der Waals surface area contributed by atoms with Crippen LogP contribution in [0.3, 0.4) is 0 Å². The first kappa shape index (κ1) is 12.0. The summed E-state index contributed by atoms with van der Waals surface area (Å²) >= 11 is 5.55. The van der Waals surface area contributed by atoms with E-state index in [2.05, 4.69) is 0 Å². The van der Waals surface area contributed by atoms with Gasteiger partial charge >= 0.3 is 0 Å². The molecular weight excluding hydrogens is 219 g/mol. The van der Waals surface area contributed by atoms with Gasteiger partial charge in [0, 0.05) is 12.0 Å². The molecule has 0 aliphatic carbocycles. The number of rotatable bonds is 4. The molecule has 0 aromatic heterocycles. The third-order valence-corrected chi connectivity index (χ3v) is 2.21. The zero-order chi connectivity index (χ0) is 11.4. The highest BCUT2D eigenvalue weighted by atomic mass is 35.5. The normalized spacial score (nSPS) is 10.5. The molecule has 0 bridgehead atoms. The molecule has 82 valence electrons. The zero-order valence-corrected chi connectivity index (χ0v) is 9.34. The second-order valence-electron chi connectivity index (χ2n) is 3.49. The topological polar surface area (TPSA) is 26.3 Å². The van der Waals surface area contributed by atoms with E-state index in [4.69, 9.17) is 16.3 Å². The third kappa shape index (κ3) is 3.51. The summed E-state index contributed by atoms with van der Waals surface area (Å²) in [5.74, 6) is -0.175. The molecule has 0 atom stereocenters. The van der Waals surface area contributed by atoms with Crippen molar-refractivity contribution in [3.05, 3.63) is 29.0 Å². The van der Waals surface area contributed by atoms with Crippen LogP contribution in [0.25, 0.3) is 0 Å². The maximum absolute atomic E-state index is 12.8. The number of ether oxygens (including phenoxy) is 1. The second-order valence-corrected chi connectivity index (χ2v) is 3.89. The summed E-state index contributed by atoms with van der Waals surface area (Å²) in [5, 5.41) is -0.00973. The van der Waals surface area contributed by atoms with Crippen molar-refractivity contribution in [2.24, 2.45) is 5.92 Å². The highest BCUT2D eigenvalue weighted by molar-refractivity contribution is 6.30. The van der Waals surface area contributed by atoms with Gasteiger partial charge in [-0.05, 0) is 12.1 Å². The van der Waals surface area contributed by atoms with Crippen molar-refractivity contribution in [2.75, 3.05) is 6.61 Å². The third-order valence-electron chi connectivity index (χ3n) is 1.92. The smallest absolute Gasteiger partial charge is 0.172 e. The Balaban J connectivity index is 2.58. The summed E-state index contributed by atoms with van der Waals surface area (Å²) in [5.41, 5.74) is 0. The molecule has 0 radical (unpaired) electrons. The van der Waals surface area contributed by atoms with Crippen molar-refractivity contribution in [1.82, 2.24) is 0 Å². The van der Waals surface area contributed by atoms with E-state index >= 15 is 0 Å². The Labute approximate surface area is 93.0 Å². The summed E-state index contributed by atoms with van der Waals surface area (Å²) in [4.78, 5) is 11.2. The van der Waals surface area contributed by atoms with Crippen molar-refractivity contribution in [3.8, 4) is 5.75 Å². The molecule has 1 aromatic carbocycles. The SMILES string of the molecule is CC(C)C(=O)COc1ccc(F)c(Cl)c1. The van der Waals surface area contributed by atoms with Crippen LogP contribution >= 0.6 is 11.6 Å². The molecule has 0 unspecified atom stereocenters. The van der Waals surface area contributed by atoms with Gasteiger partial charge in [-0.15, -0.1) is 0 Å². The number of benzene rings is 1. The summed E-state index contributed by atoms with van der Waals surface area (Å²) in [6.45, 7) is 3.58. The fraction of sp³-hybridized carbons (Fsp3) is 0.364. The summed E-state index contributed by atoms with van der Waals surface area (Å²) in [6.07, 6.45) is 0. The Morgan fingerprint density at radius 3 is 2.73 bits per heavy atom. The molecule has 0 spiro atoms. The predicted molar refractivity (Wildman–Crippen MR) is 56.8 cm³/mol. The van der Waals surface area contributed by atoms with E-state index in [9.17, 15) is 9.18 Å². The zero-order valence-electron chi connectivity index (χ0n) is 8.59. The fourth-order valence-electron chi connectivity index (χ4n) is 0.888. The van der Waals surface area contributed by atoms with Gasteiger partial charge in [0.1, 0.15) is 18.2 Å². The van der Waals surface area contributed by atoms with Gasteiger partial charge in [-0.2, -0.15) is 0 Å². The van der Waals surface area contributed by atoms with E-state index in [1.165, 1.54) is 18.2 Å². The lowest BCUT2D eigenvalue weighted by Gasteiger charge is -2.07. The molecule has 0 N–H and O–H groups in total. The van der Waals surface area contributed by atoms with Crippen LogP contribution < -0.4 is 4.74 Å². The Hall–Kier alpha value is -1.09. The highest BCUT2D eigenvalue weighted by Gasteiger charge is 2.08. The van der Waals surface area contributed by atoms with Crippen LogP contribution in [0, 0.1) is 11.7 Å². The monoisotopic (exact) mass is 230 g/mol. The maximum Gasteiger partial charge on any atom is 0.172 e. The highest BCUT2D eigenvalue weighted by Crippen LogP contribution is 2.21. The average molecular weight is 231 g/mol. The van der Waals surface area contributed by atoms with Gasteiger partial charge in [-0.3, -0.25) is 4.79 Å². The van der Waals surface area contributed by atoms with Gasteiger partial charge in [0.05, 0.1) is 5.02 Å².